The van der Waals surface area contributed by atoms with Gasteiger partial charge in [0.05, 0.1) is 70.4 Å². The van der Waals surface area contributed by atoms with E-state index in [4.69, 9.17) is 28.4 Å². The third-order valence-electron chi connectivity index (χ3n) is 3.57. The number of aliphatic hydroxyl groups excluding tert-OH is 1. The summed E-state index contributed by atoms with van der Waals surface area (Å²) >= 11 is 0. The summed E-state index contributed by atoms with van der Waals surface area (Å²) in [5.41, 5.74) is -0.613. The van der Waals surface area contributed by atoms with E-state index >= 15 is 0 Å². The summed E-state index contributed by atoms with van der Waals surface area (Å²) in [4.78, 5) is 0. The molecule has 0 unspecified atom stereocenters. The summed E-state index contributed by atoms with van der Waals surface area (Å²) in [6.45, 7) is 14.6. The summed E-state index contributed by atoms with van der Waals surface area (Å²) < 4.78 is 32.3. The Kier molecular flexibility index (Phi) is 18.1. The maximum atomic E-state index is 9.94. The SMILES string of the molecule is C=COCCCOCC(CO)(COCCCOC=C)COCCCOC=C. The first-order valence-electron chi connectivity index (χ1n) is 9.26. The second kappa shape index (κ2) is 19.2. The van der Waals surface area contributed by atoms with E-state index in [1.807, 2.05) is 0 Å². The Hall–Kier alpha value is -1.54. The van der Waals surface area contributed by atoms with Gasteiger partial charge in [-0.25, -0.2) is 0 Å². The molecule has 0 spiro atoms. The van der Waals surface area contributed by atoms with Crippen LogP contribution in [0, 0.1) is 5.41 Å². The van der Waals surface area contributed by atoms with E-state index in [9.17, 15) is 5.11 Å². The molecule has 0 rings (SSSR count). The molecular weight excluding hydrogens is 352 g/mol. The lowest BCUT2D eigenvalue weighted by molar-refractivity contribution is -0.0954. The number of hydrogen-bond acceptors (Lipinski definition) is 7. The van der Waals surface area contributed by atoms with Crippen molar-refractivity contribution in [1.29, 1.82) is 0 Å². The molecule has 7 heteroatoms. The predicted octanol–water partition coefficient (Wildman–Crippen LogP) is 2.67. The number of aliphatic hydroxyl groups is 1. The predicted molar refractivity (Wildman–Crippen MR) is 104 cm³/mol. The van der Waals surface area contributed by atoms with Gasteiger partial charge >= 0.3 is 0 Å². The van der Waals surface area contributed by atoms with Crippen LogP contribution in [0.2, 0.25) is 0 Å². The van der Waals surface area contributed by atoms with Crippen LogP contribution in [0.5, 0.6) is 0 Å². The maximum Gasteiger partial charge on any atom is 0.0895 e. The quantitative estimate of drug-likeness (QED) is 0.226. The zero-order chi connectivity index (χ0) is 20.1. The van der Waals surface area contributed by atoms with Crippen molar-refractivity contribution in [2.24, 2.45) is 5.41 Å². The molecule has 0 aliphatic carbocycles. The standard InChI is InChI=1S/C20H36O7/c1-4-22-10-7-13-25-17-20(16-21,18-26-14-8-11-23-5-2)19-27-15-9-12-24-6-3/h4-6,21H,1-3,7-19H2. The minimum absolute atomic E-state index is 0.0948. The van der Waals surface area contributed by atoms with Crippen LogP contribution in [0.15, 0.2) is 38.5 Å². The van der Waals surface area contributed by atoms with Crippen molar-refractivity contribution in [3.8, 4) is 0 Å². The average molecular weight is 389 g/mol. The van der Waals surface area contributed by atoms with Crippen molar-refractivity contribution in [3.63, 3.8) is 0 Å². The summed E-state index contributed by atoms with van der Waals surface area (Å²) in [7, 11) is 0. The van der Waals surface area contributed by atoms with Crippen LogP contribution in [-0.4, -0.2) is 71.2 Å². The van der Waals surface area contributed by atoms with Gasteiger partial charge in [0, 0.05) is 39.1 Å². The second-order valence-electron chi connectivity index (χ2n) is 5.99. The zero-order valence-corrected chi connectivity index (χ0v) is 16.4. The first kappa shape index (κ1) is 25.5. The van der Waals surface area contributed by atoms with E-state index in [1.165, 1.54) is 18.8 Å². The van der Waals surface area contributed by atoms with Gasteiger partial charge in [-0.3, -0.25) is 0 Å². The van der Waals surface area contributed by atoms with E-state index in [2.05, 4.69) is 19.7 Å². The van der Waals surface area contributed by atoms with Crippen LogP contribution < -0.4 is 0 Å². The minimum atomic E-state index is -0.613. The number of hydrogen-bond donors (Lipinski definition) is 1. The molecule has 0 heterocycles. The van der Waals surface area contributed by atoms with Gasteiger partial charge in [-0.15, -0.1) is 0 Å². The largest absolute Gasteiger partial charge is 0.502 e. The topological polar surface area (TPSA) is 75.6 Å². The fourth-order valence-electron chi connectivity index (χ4n) is 2.11. The van der Waals surface area contributed by atoms with Gasteiger partial charge < -0.3 is 33.5 Å². The highest BCUT2D eigenvalue weighted by atomic mass is 16.5. The molecule has 0 fully saturated rings. The second-order valence-corrected chi connectivity index (χ2v) is 5.99. The third kappa shape index (κ3) is 15.2. The van der Waals surface area contributed by atoms with Crippen molar-refractivity contribution in [2.75, 3.05) is 66.1 Å². The van der Waals surface area contributed by atoms with Gasteiger partial charge in [0.2, 0.25) is 0 Å². The van der Waals surface area contributed by atoms with Crippen LogP contribution in [0.3, 0.4) is 0 Å². The Balaban J connectivity index is 4.28. The molecule has 0 amide bonds. The first-order chi connectivity index (χ1) is 13.2. The van der Waals surface area contributed by atoms with Crippen molar-refractivity contribution in [1.82, 2.24) is 0 Å². The molecule has 0 bridgehead atoms. The van der Waals surface area contributed by atoms with E-state index in [1.54, 1.807) is 0 Å². The maximum absolute atomic E-state index is 9.94. The molecule has 0 aliphatic heterocycles. The summed E-state index contributed by atoms with van der Waals surface area (Å²) in [5, 5.41) is 9.94. The monoisotopic (exact) mass is 388 g/mol. The summed E-state index contributed by atoms with van der Waals surface area (Å²) in [6.07, 6.45) is 6.46. The average Bonchev–Trinajstić information content (AvgIpc) is 2.69. The molecule has 27 heavy (non-hydrogen) atoms. The van der Waals surface area contributed by atoms with Crippen LogP contribution >= 0.6 is 0 Å². The van der Waals surface area contributed by atoms with E-state index in [0.29, 0.717) is 59.5 Å². The molecule has 0 atom stereocenters. The Labute approximate surface area is 163 Å². The normalized spacial score (nSPS) is 11.0. The molecular formula is C20H36O7. The molecule has 0 saturated carbocycles. The van der Waals surface area contributed by atoms with Crippen molar-refractivity contribution in [3.05, 3.63) is 38.5 Å². The fourth-order valence-corrected chi connectivity index (χ4v) is 2.11. The molecule has 1 N–H and O–H groups in total. The van der Waals surface area contributed by atoms with E-state index in [-0.39, 0.29) is 6.61 Å². The smallest absolute Gasteiger partial charge is 0.0895 e. The van der Waals surface area contributed by atoms with Crippen LogP contribution in [-0.2, 0) is 28.4 Å². The first-order valence-corrected chi connectivity index (χ1v) is 9.26. The number of rotatable bonds is 22. The lowest BCUT2D eigenvalue weighted by Gasteiger charge is -2.31. The van der Waals surface area contributed by atoms with Gasteiger partial charge in [-0.2, -0.15) is 0 Å². The van der Waals surface area contributed by atoms with Gasteiger partial charge in [0.15, 0.2) is 0 Å². The molecule has 158 valence electrons. The van der Waals surface area contributed by atoms with Gasteiger partial charge in [0.25, 0.3) is 0 Å². The van der Waals surface area contributed by atoms with Gasteiger partial charge in [-0.05, 0) is 0 Å². The van der Waals surface area contributed by atoms with Crippen molar-refractivity contribution < 1.29 is 33.5 Å². The van der Waals surface area contributed by atoms with Crippen molar-refractivity contribution >= 4 is 0 Å². The van der Waals surface area contributed by atoms with Crippen molar-refractivity contribution in [2.45, 2.75) is 19.3 Å². The molecule has 0 aromatic heterocycles. The molecule has 0 radical (unpaired) electrons. The lowest BCUT2D eigenvalue weighted by Crippen LogP contribution is -2.41. The molecule has 0 aliphatic rings. The Morgan fingerprint density at radius 1 is 0.593 bits per heavy atom. The molecule has 0 aromatic rings. The molecule has 7 nitrogen and oxygen atoms in total. The van der Waals surface area contributed by atoms with Crippen LogP contribution in [0.4, 0.5) is 0 Å². The van der Waals surface area contributed by atoms with Gasteiger partial charge in [-0.1, -0.05) is 19.7 Å². The highest BCUT2D eigenvalue weighted by Gasteiger charge is 2.31. The van der Waals surface area contributed by atoms with E-state index < -0.39 is 5.41 Å². The molecule has 0 saturated heterocycles. The Morgan fingerprint density at radius 3 is 1.19 bits per heavy atom. The highest BCUT2D eigenvalue weighted by Crippen LogP contribution is 2.19. The van der Waals surface area contributed by atoms with Gasteiger partial charge in [0.1, 0.15) is 0 Å². The number of ether oxygens (including phenoxy) is 6. The summed E-state index contributed by atoms with van der Waals surface area (Å²) in [5.74, 6) is 0. The lowest BCUT2D eigenvalue weighted by atomic mass is 9.92. The summed E-state index contributed by atoms with van der Waals surface area (Å²) in [6, 6.07) is 0. The van der Waals surface area contributed by atoms with Crippen LogP contribution in [0.25, 0.3) is 0 Å². The highest BCUT2D eigenvalue weighted by molar-refractivity contribution is 4.78. The minimum Gasteiger partial charge on any atom is -0.502 e. The Morgan fingerprint density at radius 2 is 0.926 bits per heavy atom. The third-order valence-corrected chi connectivity index (χ3v) is 3.57. The Bertz CT molecular complexity index is 310. The zero-order valence-electron chi connectivity index (χ0n) is 16.4. The van der Waals surface area contributed by atoms with Crippen LogP contribution in [0.1, 0.15) is 19.3 Å². The van der Waals surface area contributed by atoms with E-state index in [0.717, 1.165) is 19.3 Å². The fraction of sp³-hybridized carbons (Fsp3) is 0.700. The molecule has 0 aromatic carbocycles.